The van der Waals surface area contributed by atoms with Gasteiger partial charge in [-0.25, -0.2) is 9.97 Å². The maximum Gasteiger partial charge on any atom is 0.153 e. The molecule has 9 heteroatoms. The van der Waals surface area contributed by atoms with Crippen LogP contribution in [-0.4, -0.2) is 60.0 Å². The molecule has 0 aromatic carbocycles. The van der Waals surface area contributed by atoms with Gasteiger partial charge in [-0.15, -0.1) is 0 Å². The van der Waals surface area contributed by atoms with Crippen molar-refractivity contribution in [1.29, 1.82) is 0 Å². The number of aryl methyl sites for hydroxylation is 1. The standard InChI is InChI=1S/C11H15N5O4/c1-16-7-5(13-3-14-11(7)12)6(15-16)10-9(19)8(18)4(2-17)20-10/h3-4,8-10,17-19H,2H2,1H3,(H2,12,13,14)/t4-,8-,9-,10+/m1/s1. The van der Waals surface area contributed by atoms with Crippen LogP contribution in [0.5, 0.6) is 0 Å². The zero-order valence-electron chi connectivity index (χ0n) is 10.7. The summed E-state index contributed by atoms with van der Waals surface area (Å²) in [5, 5.41) is 33.2. The number of anilines is 1. The van der Waals surface area contributed by atoms with E-state index in [1.807, 2.05) is 0 Å². The molecule has 0 saturated carbocycles. The summed E-state index contributed by atoms with van der Waals surface area (Å²) in [5.41, 5.74) is 7.12. The van der Waals surface area contributed by atoms with Crippen molar-refractivity contribution in [3.63, 3.8) is 0 Å². The van der Waals surface area contributed by atoms with E-state index in [2.05, 4.69) is 15.1 Å². The molecule has 3 rings (SSSR count). The van der Waals surface area contributed by atoms with E-state index in [1.54, 1.807) is 7.05 Å². The third kappa shape index (κ3) is 1.75. The van der Waals surface area contributed by atoms with Crippen LogP contribution in [0.1, 0.15) is 11.8 Å². The maximum absolute atomic E-state index is 10.0. The predicted octanol–water partition coefficient (Wildman–Crippen LogP) is -1.90. The molecule has 1 aliphatic heterocycles. The molecule has 20 heavy (non-hydrogen) atoms. The highest BCUT2D eigenvalue weighted by atomic mass is 16.6. The van der Waals surface area contributed by atoms with Gasteiger partial charge < -0.3 is 25.8 Å². The first-order chi connectivity index (χ1) is 9.54. The molecule has 9 nitrogen and oxygen atoms in total. The minimum Gasteiger partial charge on any atom is -0.394 e. The summed E-state index contributed by atoms with van der Waals surface area (Å²) in [5.74, 6) is 0.267. The van der Waals surface area contributed by atoms with Gasteiger partial charge in [-0.1, -0.05) is 0 Å². The highest BCUT2D eigenvalue weighted by molar-refractivity contribution is 5.86. The Hall–Kier alpha value is -1.81. The van der Waals surface area contributed by atoms with Crippen LogP contribution in [0.2, 0.25) is 0 Å². The number of aliphatic hydroxyl groups is 3. The minimum absolute atomic E-state index is 0.267. The molecule has 0 spiro atoms. The van der Waals surface area contributed by atoms with Gasteiger partial charge in [0.2, 0.25) is 0 Å². The van der Waals surface area contributed by atoms with Crippen molar-refractivity contribution >= 4 is 16.9 Å². The third-order valence-electron chi connectivity index (χ3n) is 3.49. The molecule has 2 aromatic heterocycles. The number of hydrogen-bond donors (Lipinski definition) is 4. The van der Waals surface area contributed by atoms with Gasteiger partial charge in [0.1, 0.15) is 47.5 Å². The average Bonchev–Trinajstić information content (AvgIpc) is 2.90. The number of nitrogens with zero attached hydrogens (tertiary/aromatic N) is 4. The second-order valence-electron chi connectivity index (χ2n) is 4.72. The van der Waals surface area contributed by atoms with Crippen molar-refractivity contribution in [2.45, 2.75) is 24.4 Å². The van der Waals surface area contributed by atoms with Crippen molar-refractivity contribution < 1.29 is 20.1 Å². The molecule has 5 N–H and O–H groups in total. The molecule has 0 radical (unpaired) electrons. The van der Waals surface area contributed by atoms with Gasteiger partial charge in [0.25, 0.3) is 0 Å². The lowest BCUT2D eigenvalue weighted by Crippen LogP contribution is -2.32. The summed E-state index contributed by atoms with van der Waals surface area (Å²) in [4.78, 5) is 7.99. The maximum atomic E-state index is 10.0. The van der Waals surface area contributed by atoms with Gasteiger partial charge in [-0.2, -0.15) is 5.10 Å². The number of nitrogens with two attached hydrogens (primary N) is 1. The molecule has 0 unspecified atom stereocenters. The Morgan fingerprint density at radius 3 is 2.75 bits per heavy atom. The number of aromatic nitrogens is 4. The van der Waals surface area contributed by atoms with E-state index in [-0.39, 0.29) is 5.82 Å². The van der Waals surface area contributed by atoms with Crippen LogP contribution in [0.3, 0.4) is 0 Å². The summed E-state index contributed by atoms with van der Waals surface area (Å²) in [6.45, 7) is -0.392. The van der Waals surface area contributed by atoms with E-state index < -0.39 is 31.0 Å². The Balaban J connectivity index is 2.10. The van der Waals surface area contributed by atoms with Gasteiger partial charge in [-0.05, 0) is 0 Å². The Labute approximate surface area is 113 Å². The molecule has 3 heterocycles. The Morgan fingerprint density at radius 2 is 2.10 bits per heavy atom. The van der Waals surface area contributed by atoms with Crippen LogP contribution in [-0.2, 0) is 11.8 Å². The van der Waals surface area contributed by atoms with E-state index in [0.29, 0.717) is 16.7 Å². The monoisotopic (exact) mass is 281 g/mol. The summed E-state index contributed by atoms with van der Waals surface area (Å²) in [7, 11) is 1.67. The van der Waals surface area contributed by atoms with E-state index in [1.165, 1.54) is 11.0 Å². The predicted molar refractivity (Wildman–Crippen MR) is 67.4 cm³/mol. The van der Waals surface area contributed by atoms with Gasteiger partial charge in [0, 0.05) is 7.05 Å². The number of rotatable bonds is 2. The molecule has 1 fully saturated rings. The van der Waals surface area contributed by atoms with Crippen molar-refractivity contribution in [2.75, 3.05) is 12.3 Å². The highest BCUT2D eigenvalue weighted by Gasteiger charge is 2.45. The van der Waals surface area contributed by atoms with E-state index in [9.17, 15) is 10.2 Å². The Morgan fingerprint density at radius 1 is 1.35 bits per heavy atom. The SMILES string of the molecule is Cn1nc([C@@H]2O[C@H](CO)[C@@H](O)[C@H]2O)c2ncnc(N)c21. The fourth-order valence-electron chi connectivity index (χ4n) is 2.48. The fourth-order valence-corrected chi connectivity index (χ4v) is 2.48. The van der Waals surface area contributed by atoms with Gasteiger partial charge >= 0.3 is 0 Å². The third-order valence-corrected chi connectivity index (χ3v) is 3.49. The lowest BCUT2D eigenvalue weighted by Gasteiger charge is -2.12. The minimum atomic E-state index is -1.19. The van der Waals surface area contributed by atoms with E-state index in [4.69, 9.17) is 15.6 Å². The van der Waals surface area contributed by atoms with Crippen LogP contribution in [0.4, 0.5) is 5.82 Å². The Bertz CT molecular complexity index is 645. The van der Waals surface area contributed by atoms with Crippen molar-refractivity contribution in [3.05, 3.63) is 12.0 Å². The number of aliphatic hydroxyl groups excluding tert-OH is 3. The van der Waals surface area contributed by atoms with Crippen LogP contribution in [0.15, 0.2) is 6.33 Å². The summed E-state index contributed by atoms with van der Waals surface area (Å²) >= 11 is 0. The molecular weight excluding hydrogens is 266 g/mol. The van der Waals surface area contributed by atoms with Crippen LogP contribution < -0.4 is 5.73 Å². The molecule has 1 aliphatic rings. The lowest BCUT2D eigenvalue weighted by molar-refractivity contribution is -0.0237. The first kappa shape index (κ1) is 13.2. The summed E-state index contributed by atoms with van der Waals surface area (Å²) < 4.78 is 6.95. The van der Waals surface area contributed by atoms with Crippen LogP contribution in [0, 0.1) is 0 Å². The first-order valence-electron chi connectivity index (χ1n) is 6.10. The van der Waals surface area contributed by atoms with Gasteiger partial charge in [0.15, 0.2) is 5.82 Å². The topological polar surface area (TPSA) is 140 Å². The molecule has 1 saturated heterocycles. The fraction of sp³-hybridized carbons (Fsp3) is 0.545. The quantitative estimate of drug-likeness (QED) is 0.500. The number of hydrogen-bond acceptors (Lipinski definition) is 8. The number of fused-ring (bicyclic) bond motifs is 1. The van der Waals surface area contributed by atoms with Crippen molar-refractivity contribution in [2.24, 2.45) is 7.05 Å². The van der Waals surface area contributed by atoms with Crippen LogP contribution >= 0.6 is 0 Å². The molecule has 4 atom stereocenters. The second-order valence-corrected chi connectivity index (χ2v) is 4.72. The Kier molecular flexibility index (Phi) is 3.05. The first-order valence-corrected chi connectivity index (χ1v) is 6.10. The highest BCUT2D eigenvalue weighted by Crippen LogP contribution is 2.36. The summed E-state index contributed by atoms with van der Waals surface area (Å²) in [6.07, 6.45) is -2.81. The molecule has 108 valence electrons. The van der Waals surface area contributed by atoms with Gasteiger partial charge in [0.05, 0.1) is 6.61 Å². The molecule has 0 amide bonds. The zero-order valence-corrected chi connectivity index (χ0v) is 10.7. The molecule has 0 aliphatic carbocycles. The number of nitrogen functional groups attached to an aromatic ring is 1. The van der Waals surface area contributed by atoms with Crippen molar-refractivity contribution in [3.8, 4) is 0 Å². The molecule has 2 aromatic rings. The second kappa shape index (κ2) is 4.63. The number of ether oxygens (including phenoxy) is 1. The summed E-state index contributed by atoms with van der Waals surface area (Å²) in [6, 6.07) is 0. The van der Waals surface area contributed by atoms with E-state index >= 15 is 0 Å². The largest absolute Gasteiger partial charge is 0.394 e. The van der Waals surface area contributed by atoms with Gasteiger partial charge in [-0.3, -0.25) is 4.68 Å². The normalized spacial score (nSPS) is 30.2. The zero-order chi connectivity index (χ0) is 14.4. The van der Waals surface area contributed by atoms with E-state index in [0.717, 1.165) is 0 Å². The average molecular weight is 281 g/mol. The molecule has 0 bridgehead atoms. The van der Waals surface area contributed by atoms with Crippen molar-refractivity contribution in [1.82, 2.24) is 19.7 Å². The van der Waals surface area contributed by atoms with Crippen LogP contribution in [0.25, 0.3) is 11.0 Å². The lowest BCUT2D eigenvalue weighted by atomic mass is 10.1. The molecular formula is C11H15N5O4. The smallest absolute Gasteiger partial charge is 0.153 e.